The van der Waals surface area contributed by atoms with Crippen molar-refractivity contribution in [1.29, 1.82) is 0 Å². The molecule has 0 aliphatic heterocycles. The number of carbonyl (C=O) groups is 2. The minimum atomic E-state index is -0.556. The van der Waals surface area contributed by atoms with Gasteiger partial charge in [0.25, 0.3) is 5.56 Å². The molecule has 0 unspecified atom stereocenters. The summed E-state index contributed by atoms with van der Waals surface area (Å²) in [5, 5.41) is 8.19. The largest absolute Gasteiger partial charge is 0.456 e. The summed E-state index contributed by atoms with van der Waals surface area (Å²) in [6.45, 7) is 3.46. The van der Waals surface area contributed by atoms with E-state index in [2.05, 4.69) is 15.4 Å². The number of nitrogens with one attached hydrogen (secondary N) is 1. The summed E-state index contributed by atoms with van der Waals surface area (Å²) < 4.78 is 6.70. The van der Waals surface area contributed by atoms with E-state index in [1.54, 1.807) is 38.1 Å². The fraction of sp³-hybridized carbons (Fsp3) is 0.435. The van der Waals surface area contributed by atoms with E-state index in [1.807, 2.05) is 0 Å². The summed E-state index contributed by atoms with van der Waals surface area (Å²) in [5.41, 5.74) is 0.932. The Kier molecular flexibility index (Phi) is 6.64. The number of esters is 1. The third-order valence-corrected chi connectivity index (χ3v) is 6.58. The summed E-state index contributed by atoms with van der Waals surface area (Å²) in [5.74, 6) is -0.471. The maximum absolute atomic E-state index is 12.5. The molecule has 1 amide bonds. The predicted molar refractivity (Wildman–Crippen MR) is 122 cm³/mol. The lowest BCUT2D eigenvalue weighted by atomic mass is 9.90. The fourth-order valence-electron chi connectivity index (χ4n) is 3.69. The van der Waals surface area contributed by atoms with E-state index < -0.39 is 5.97 Å². The van der Waals surface area contributed by atoms with Crippen LogP contribution in [-0.4, -0.2) is 26.5 Å². The molecule has 1 aliphatic carbocycles. The predicted octanol–water partition coefficient (Wildman–Crippen LogP) is 4.15. The standard InChI is InChI=1S/C23H26N4O4S/c1-14(2)20(29)24-17-10-6-9-16(11-17)22(30)31-13-18-12-19(28)27-23(25-18)32-21(26-27)15-7-4-3-5-8-15/h6,9-12,14-15H,3-5,7-8,13H2,1-2H3,(H,24,29). The molecular formula is C23H26N4O4S. The number of ether oxygens (including phenoxy) is 1. The van der Waals surface area contributed by atoms with Gasteiger partial charge in [-0.3, -0.25) is 9.59 Å². The molecule has 0 spiro atoms. The Morgan fingerprint density at radius 1 is 1.22 bits per heavy atom. The summed E-state index contributed by atoms with van der Waals surface area (Å²) in [6.07, 6.45) is 5.81. The van der Waals surface area contributed by atoms with Crippen molar-refractivity contribution >= 4 is 33.9 Å². The van der Waals surface area contributed by atoms with Crippen molar-refractivity contribution in [3.63, 3.8) is 0 Å². The molecule has 1 saturated carbocycles. The summed E-state index contributed by atoms with van der Waals surface area (Å²) >= 11 is 1.43. The highest BCUT2D eigenvalue weighted by atomic mass is 32.1. The fourth-order valence-corrected chi connectivity index (χ4v) is 4.78. The van der Waals surface area contributed by atoms with E-state index in [9.17, 15) is 14.4 Å². The lowest BCUT2D eigenvalue weighted by Crippen LogP contribution is -2.18. The Labute approximate surface area is 189 Å². The Morgan fingerprint density at radius 3 is 2.75 bits per heavy atom. The molecule has 32 heavy (non-hydrogen) atoms. The third kappa shape index (κ3) is 5.04. The number of fused-ring (bicyclic) bond motifs is 1. The van der Waals surface area contributed by atoms with Crippen LogP contribution in [0.25, 0.3) is 4.96 Å². The van der Waals surface area contributed by atoms with Crippen molar-refractivity contribution in [3.05, 3.63) is 57.0 Å². The maximum atomic E-state index is 12.5. The lowest BCUT2D eigenvalue weighted by molar-refractivity contribution is -0.118. The second-order valence-electron chi connectivity index (χ2n) is 8.36. The first-order valence-corrected chi connectivity index (χ1v) is 11.7. The van der Waals surface area contributed by atoms with Gasteiger partial charge >= 0.3 is 5.97 Å². The van der Waals surface area contributed by atoms with E-state index >= 15 is 0 Å². The highest BCUT2D eigenvalue weighted by molar-refractivity contribution is 7.16. The van der Waals surface area contributed by atoms with Crippen LogP contribution < -0.4 is 10.9 Å². The van der Waals surface area contributed by atoms with Crippen molar-refractivity contribution in [2.75, 3.05) is 5.32 Å². The van der Waals surface area contributed by atoms with Gasteiger partial charge < -0.3 is 10.1 Å². The van der Waals surface area contributed by atoms with E-state index in [0.29, 0.717) is 27.8 Å². The molecule has 8 nitrogen and oxygen atoms in total. The van der Waals surface area contributed by atoms with E-state index in [-0.39, 0.29) is 24.0 Å². The number of anilines is 1. The molecule has 3 aromatic rings. The topological polar surface area (TPSA) is 103 Å². The third-order valence-electron chi connectivity index (χ3n) is 5.51. The average molecular weight is 455 g/mol. The Bertz CT molecular complexity index is 1190. The summed E-state index contributed by atoms with van der Waals surface area (Å²) in [4.78, 5) is 41.9. The average Bonchev–Trinajstić information content (AvgIpc) is 3.23. The molecule has 9 heteroatoms. The van der Waals surface area contributed by atoms with Crippen LogP contribution in [0.5, 0.6) is 0 Å². The van der Waals surface area contributed by atoms with Gasteiger partial charge in [0.1, 0.15) is 11.6 Å². The molecule has 4 rings (SSSR count). The molecule has 0 atom stereocenters. The van der Waals surface area contributed by atoms with Crippen LogP contribution >= 0.6 is 11.3 Å². The Balaban J connectivity index is 1.45. The number of benzene rings is 1. The van der Waals surface area contributed by atoms with E-state index in [0.717, 1.165) is 17.8 Å². The molecule has 2 aromatic heterocycles. The number of amides is 1. The van der Waals surface area contributed by atoms with Crippen LogP contribution in [0, 0.1) is 5.92 Å². The molecule has 1 fully saturated rings. The molecule has 1 aliphatic rings. The van der Waals surface area contributed by atoms with Gasteiger partial charge in [-0.05, 0) is 31.0 Å². The van der Waals surface area contributed by atoms with Gasteiger partial charge in [0, 0.05) is 23.6 Å². The Morgan fingerprint density at radius 2 is 2.00 bits per heavy atom. The Hall–Kier alpha value is -3.07. The molecular weight excluding hydrogens is 428 g/mol. The second-order valence-corrected chi connectivity index (χ2v) is 9.34. The van der Waals surface area contributed by atoms with Crippen molar-refractivity contribution in [2.45, 2.75) is 58.5 Å². The lowest BCUT2D eigenvalue weighted by Gasteiger charge is -2.18. The van der Waals surface area contributed by atoms with Crippen LogP contribution in [-0.2, 0) is 16.1 Å². The van der Waals surface area contributed by atoms with Gasteiger partial charge in [-0.2, -0.15) is 9.61 Å². The smallest absolute Gasteiger partial charge is 0.338 e. The van der Waals surface area contributed by atoms with Gasteiger partial charge in [-0.1, -0.05) is 50.5 Å². The van der Waals surface area contributed by atoms with Gasteiger partial charge in [0.2, 0.25) is 10.9 Å². The number of hydrogen-bond acceptors (Lipinski definition) is 7. The minimum Gasteiger partial charge on any atom is -0.456 e. The number of carbonyl (C=O) groups excluding carboxylic acids is 2. The number of nitrogens with zero attached hydrogens (tertiary/aromatic N) is 3. The zero-order valence-corrected chi connectivity index (χ0v) is 19.0. The molecule has 0 bridgehead atoms. The van der Waals surface area contributed by atoms with Crippen LogP contribution in [0.3, 0.4) is 0 Å². The maximum Gasteiger partial charge on any atom is 0.338 e. The van der Waals surface area contributed by atoms with Crippen molar-refractivity contribution in [1.82, 2.24) is 14.6 Å². The molecule has 0 radical (unpaired) electrons. The van der Waals surface area contributed by atoms with Crippen LogP contribution in [0.15, 0.2) is 35.1 Å². The van der Waals surface area contributed by atoms with Gasteiger partial charge in [0.15, 0.2) is 0 Å². The summed E-state index contributed by atoms with van der Waals surface area (Å²) in [6, 6.07) is 7.91. The zero-order valence-electron chi connectivity index (χ0n) is 18.2. The first-order valence-electron chi connectivity index (χ1n) is 10.9. The van der Waals surface area contributed by atoms with Crippen molar-refractivity contribution in [3.8, 4) is 0 Å². The van der Waals surface area contributed by atoms with Gasteiger partial charge in [-0.25, -0.2) is 9.78 Å². The SMILES string of the molecule is CC(C)C(=O)Nc1cccc(C(=O)OCc2cc(=O)n3nc(C4CCCCC4)sc3n2)c1. The van der Waals surface area contributed by atoms with Crippen LogP contribution in [0.1, 0.15) is 72.9 Å². The number of rotatable bonds is 6. The quantitative estimate of drug-likeness (QED) is 0.561. The van der Waals surface area contributed by atoms with E-state index in [1.165, 1.54) is 41.2 Å². The number of hydrogen-bond donors (Lipinski definition) is 1. The van der Waals surface area contributed by atoms with Gasteiger partial charge in [-0.15, -0.1) is 0 Å². The number of aromatic nitrogens is 3. The highest BCUT2D eigenvalue weighted by Crippen LogP contribution is 2.34. The first kappa shape index (κ1) is 22.1. The van der Waals surface area contributed by atoms with Gasteiger partial charge in [0.05, 0.1) is 11.3 Å². The van der Waals surface area contributed by atoms with Crippen LogP contribution in [0.4, 0.5) is 5.69 Å². The molecule has 2 heterocycles. The normalized spacial score (nSPS) is 14.6. The highest BCUT2D eigenvalue weighted by Gasteiger charge is 2.21. The second kappa shape index (κ2) is 9.60. The summed E-state index contributed by atoms with van der Waals surface area (Å²) in [7, 11) is 0. The van der Waals surface area contributed by atoms with Crippen molar-refractivity contribution < 1.29 is 14.3 Å². The molecule has 168 valence electrons. The minimum absolute atomic E-state index is 0.121. The van der Waals surface area contributed by atoms with E-state index in [4.69, 9.17) is 4.74 Å². The zero-order chi connectivity index (χ0) is 22.7. The van der Waals surface area contributed by atoms with Crippen LogP contribution in [0.2, 0.25) is 0 Å². The van der Waals surface area contributed by atoms with Crippen molar-refractivity contribution in [2.24, 2.45) is 5.92 Å². The molecule has 1 aromatic carbocycles. The molecule has 1 N–H and O–H groups in total. The monoisotopic (exact) mass is 454 g/mol. The molecule has 0 saturated heterocycles. The first-order chi connectivity index (χ1) is 15.4.